The van der Waals surface area contributed by atoms with E-state index >= 15 is 0 Å². The van der Waals surface area contributed by atoms with E-state index in [2.05, 4.69) is 10.3 Å². The van der Waals surface area contributed by atoms with Crippen molar-refractivity contribution >= 4 is 23.0 Å². The summed E-state index contributed by atoms with van der Waals surface area (Å²) >= 11 is 6.03. The van der Waals surface area contributed by atoms with Gasteiger partial charge in [0.1, 0.15) is 0 Å². The number of hydrogen-bond donors (Lipinski definition) is 1. The van der Waals surface area contributed by atoms with Gasteiger partial charge in [-0.1, -0.05) is 11.6 Å². The minimum atomic E-state index is -0.470. The van der Waals surface area contributed by atoms with Crippen LogP contribution in [0.25, 0.3) is 0 Å². The van der Waals surface area contributed by atoms with E-state index < -0.39 is 4.92 Å². The lowest BCUT2D eigenvalue weighted by molar-refractivity contribution is -0.384. The molecule has 1 heterocycles. The lowest BCUT2D eigenvalue weighted by Crippen LogP contribution is -2.07. The van der Waals surface area contributed by atoms with Crippen LogP contribution in [0.5, 0.6) is 0 Å². The summed E-state index contributed by atoms with van der Waals surface area (Å²) in [6.45, 7) is 1.98. The Labute approximate surface area is 115 Å². The zero-order valence-electron chi connectivity index (χ0n) is 10.2. The number of anilines is 1. The number of nitrogens with one attached hydrogen (secondary N) is 1. The maximum Gasteiger partial charge on any atom is 0.271 e. The quantitative estimate of drug-likeness (QED) is 0.681. The van der Waals surface area contributed by atoms with Crippen molar-refractivity contribution < 1.29 is 4.92 Å². The molecule has 0 aliphatic carbocycles. The van der Waals surface area contributed by atoms with E-state index in [4.69, 9.17) is 11.6 Å². The van der Waals surface area contributed by atoms with Crippen LogP contribution in [0.2, 0.25) is 5.02 Å². The molecule has 1 aromatic carbocycles. The number of non-ortho nitro benzene ring substituents is 1. The Morgan fingerprint density at radius 3 is 2.58 bits per heavy atom. The van der Waals surface area contributed by atoms with E-state index in [9.17, 15) is 10.1 Å². The van der Waals surface area contributed by atoms with Crippen LogP contribution in [0.15, 0.2) is 42.7 Å². The normalized spacial score (nSPS) is 11.9. The first kappa shape index (κ1) is 13.3. The van der Waals surface area contributed by atoms with E-state index in [1.165, 1.54) is 12.1 Å². The first-order valence-electron chi connectivity index (χ1n) is 5.68. The van der Waals surface area contributed by atoms with Crippen molar-refractivity contribution in [1.29, 1.82) is 0 Å². The molecule has 0 aliphatic heterocycles. The molecule has 0 saturated carbocycles. The molecule has 6 heteroatoms. The standard InChI is InChI=1S/C13H12ClN3O2/c1-9(10-4-6-15-7-5-10)16-13-3-2-11(17(18)19)8-12(13)14/h2-9,16H,1H3. The summed E-state index contributed by atoms with van der Waals surface area (Å²) in [7, 11) is 0. The molecule has 2 aromatic rings. The summed E-state index contributed by atoms with van der Waals surface area (Å²) in [5, 5.41) is 14.2. The van der Waals surface area contributed by atoms with Crippen LogP contribution in [0.3, 0.4) is 0 Å². The van der Waals surface area contributed by atoms with Crippen LogP contribution in [-0.4, -0.2) is 9.91 Å². The summed E-state index contributed by atoms with van der Waals surface area (Å²) in [5.41, 5.74) is 1.70. The summed E-state index contributed by atoms with van der Waals surface area (Å²) < 4.78 is 0. The smallest absolute Gasteiger partial charge is 0.271 e. The first-order valence-corrected chi connectivity index (χ1v) is 6.06. The van der Waals surface area contributed by atoms with Gasteiger partial charge in [0.2, 0.25) is 0 Å². The highest BCUT2D eigenvalue weighted by Gasteiger charge is 2.11. The van der Waals surface area contributed by atoms with Crippen molar-refractivity contribution in [3.05, 3.63) is 63.4 Å². The molecule has 0 radical (unpaired) electrons. The Bertz CT molecular complexity index is 590. The molecule has 0 aliphatic rings. The van der Waals surface area contributed by atoms with E-state index in [0.29, 0.717) is 10.7 Å². The molecule has 0 fully saturated rings. The molecule has 0 saturated heterocycles. The highest BCUT2D eigenvalue weighted by Crippen LogP contribution is 2.29. The van der Waals surface area contributed by atoms with Crippen molar-refractivity contribution in [2.45, 2.75) is 13.0 Å². The van der Waals surface area contributed by atoms with Gasteiger partial charge in [0.25, 0.3) is 5.69 Å². The molecule has 1 unspecified atom stereocenters. The highest BCUT2D eigenvalue weighted by atomic mass is 35.5. The zero-order valence-corrected chi connectivity index (χ0v) is 11.0. The second-order valence-corrected chi connectivity index (χ2v) is 4.48. The van der Waals surface area contributed by atoms with Crippen LogP contribution in [0.4, 0.5) is 11.4 Å². The Morgan fingerprint density at radius 2 is 2.00 bits per heavy atom. The van der Waals surface area contributed by atoms with Crippen molar-refractivity contribution in [3.63, 3.8) is 0 Å². The van der Waals surface area contributed by atoms with E-state index in [-0.39, 0.29) is 11.7 Å². The molecule has 98 valence electrons. The molecule has 1 atom stereocenters. The number of benzene rings is 1. The minimum Gasteiger partial charge on any atom is -0.377 e. The second-order valence-electron chi connectivity index (χ2n) is 4.07. The number of aromatic nitrogens is 1. The molecule has 19 heavy (non-hydrogen) atoms. The van der Waals surface area contributed by atoms with Gasteiger partial charge in [-0.25, -0.2) is 0 Å². The van der Waals surface area contributed by atoms with Crippen LogP contribution in [0.1, 0.15) is 18.5 Å². The predicted molar refractivity (Wildman–Crippen MR) is 74.4 cm³/mol. The minimum absolute atomic E-state index is 0.0212. The predicted octanol–water partition coefficient (Wildman–Crippen LogP) is 3.82. The van der Waals surface area contributed by atoms with Crippen LogP contribution in [0, 0.1) is 10.1 Å². The van der Waals surface area contributed by atoms with Gasteiger partial charge in [-0.05, 0) is 30.7 Å². The third kappa shape index (κ3) is 3.20. The first-order chi connectivity index (χ1) is 9.08. The Hall–Kier alpha value is -2.14. The lowest BCUT2D eigenvalue weighted by atomic mass is 10.1. The second kappa shape index (κ2) is 5.67. The zero-order chi connectivity index (χ0) is 13.8. The molecule has 2 rings (SSSR count). The number of nitro groups is 1. The maximum absolute atomic E-state index is 10.6. The fourth-order valence-corrected chi connectivity index (χ4v) is 1.93. The Balaban J connectivity index is 2.18. The molecule has 1 aromatic heterocycles. The monoisotopic (exact) mass is 277 g/mol. The number of rotatable bonds is 4. The van der Waals surface area contributed by atoms with Gasteiger partial charge in [-0.2, -0.15) is 0 Å². The van der Waals surface area contributed by atoms with E-state index in [1.807, 2.05) is 19.1 Å². The SMILES string of the molecule is CC(Nc1ccc([N+](=O)[O-])cc1Cl)c1ccncc1. The maximum atomic E-state index is 10.6. The highest BCUT2D eigenvalue weighted by molar-refractivity contribution is 6.33. The van der Waals surface area contributed by atoms with Gasteiger partial charge in [-0.15, -0.1) is 0 Å². The Morgan fingerprint density at radius 1 is 1.32 bits per heavy atom. The van der Waals surface area contributed by atoms with Crippen molar-refractivity contribution in [2.24, 2.45) is 0 Å². The average molecular weight is 278 g/mol. The summed E-state index contributed by atoms with van der Waals surface area (Å²) in [6.07, 6.45) is 3.43. The molecular weight excluding hydrogens is 266 g/mol. The van der Waals surface area contributed by atoms with Crippen molar-refractivity contribution in [2.75, 3.05) is 5.32 Å². The topological polar surface area (TPSA) is 68.1 Å². The molecule has 0 spiro atoms. The van der Waals surface area contributed by atoms with E-state index in [0.717, 1.165) is 5.56 Å². The van der Waals surface area contributed by atoms with Crippen LogP contribution in [-0.2, 0) is 0 Å². The number of hydrogen-bond acceptors (Lipinski definition) is 4. The number of nitro benzene ring substituents is 1. The molecular formula is C13H12ClN3O2. The molecule has 0 bridgehead atoms. The summed E-state index contributed by atoms with van der Waals surface area (Å²) in [6, 6.07) is 8.20. The number of pyridine rings is 1. The third-order valence-electron chi connectivity index (χ3n) is 2.74. The van der Waals surface area contributed by atoms with Gasteiger partial charge < -0.3 is 5.32 Å². The fraction of sp³-hybridized carbons (Fsp3) is 0.154. The van der Waals surface area contributed by atoms with Crippen LogP contribution >= 0.6 is 11.6 Å². The third-order valence-corrected chi connectivity index (χ3v) is 3.05. The summed E-state index contributed by atoms with van der Waals surface area (Å²) in [4.78, 5) is 14.1. The summed E-state index contributed by atoms with van der Waals surface area (Å²) in [5.74, 6) is 0. The van der Waals surface area contributed by atoms with Gasteiger partial charge in [0.05, 0.1) is 15.6 Å². The van der Waals surface area contributed by atoms with Gasteiger partial charge >= 0.3 is 0 Å². The van der Waals surface area contributed by atoms with Crippen molar-refractivity contribution in [1.82, 2.24) is 4.98 Å². The van der Waals surface area contributed by atoms with Crippen LogP contribution < -0.4 is 5.32 Å². The molecule has 5 nitrogen and oxygen atoms in total. The van der Waals surface area contributed by atoms with E-state index in [1.54, 1.807) is 18.5 Å². The lowest BCUT2D eigenvalue weighted by Gasteiger charge is -2.16. The number of nitrogens with zero attached hydrogens (tertiary/aromatic N) is 2. The largest absolute Gasteiger partial charge is 0.377 e. The molecule has 1 N–H and O–H groups in total. The Kier molecular flexibility index (Phi) is 3.97. The average Bonchev–Trinajstić information content (AvgIpc) is 2.41. The van der Waals surface area contributed by atoms with Crippen molar-refractivity contribution in [3.8, 4) is 0 Å². The fourth-order valence-electron chi connectivity index (χ4n) is 1.70. The van der Waals surface area contributed by atoms with Gasteiger partial charge in [0.15, 0.2) is 0 Å². The van der Waals surface area contributed by atoms with Gasteiger partial charge in [-0.3, -0.25) is 15.1 Å². The number of halogens is 1. The molecule has 0 amide bonds. The van der Waals surface area contributed by atoms with Gasteiger partial charge in [0, 0.05) is 30.6 Å².